The summed E-state index contributed by atoms with van der Waals surface area (Å²) in [6.45, 7) is 2.22. The molecular weight excluding hydrogens is 316 g/mol. The van der Waals surface area contributed by atoms with Crippen molar-refractivity contribution in [2.45, 2.75) is 31.6 Å². The van der Waals surface area contributed by atoms with Crippen LogP contribution in [0.25, 0.3) is 0 Å². The first-order valence-corrected chi connectivity index (χ1v) is 9.08. The fourth-order valence-electron chi connectivity index (χ4n) is 3.37. The molecule has 0 atom stereocenters. The fraction of sp³-hybridized carbons (Fsp3) is 0.526. The fourth-order valence-corrected chi connectivity index (χ4v) is 3.37. The summed E-state index contributed by atoms with van der Waals surface area (Å²) in [5, 5.41) is 4.51. The van der Waals surface area contributed by atoms with E-state index in [2.05, 4.69) is 10.1 Å². The van der Waals surface area contributed by atoms with Gasteiger partial charge in [-0.25, -0.2) is 4.98 Å². The van der Waals surface area contributed by atoms with Crippen molar-refractivity contribution in [2.24, 2.45) is 13.0 Å². The molecule has 132 valence electrons. The number of rotatable bonds is 5. The van der Waals surface area contributed by atoms with Gasteiger partial charge in [0.2, 0.25) is 5.88 Å². The quantitative estimate of drug-likeness (QED) is 0.839. The zero-order valence-electron chi connectivity index (χ0n) is 14.6. The van der Waals surface area contributed by atoms with Gasteiger partial charge in [0.25, 0.3) is 5.91 Å². The van der Waals surface area contributed by atoms with Gasteiger partial charge in [-0.15, -0.1) is 0 Å². The van der Waals surface area contributed by atoms with E-state index in [1.54, 1.807) is 10.9 Å². The lowest BCUT2D eigenvalue weighted by molar-refractivity contribution is 0.0648. The van der Waals surface area contributed by atoms with Crippen molar-refractivity contribution in [2.75, 3.05) is 19.7 Å². The largest absolute Gasteiger partial charge is 0.477 e. The van der Waals surface area contributed by atoms with Crippen LogP contribution in [0.15, 0.2) is 30.5 Å². The summed E-state index contributed by atoms with van der Waals surface area (Å²) in [5.74, 6) is 1.82. The van der Waals surface area contributed by atoms with Gasteiger partial charge in [0, 0.05) is 38.3 Å². The number of pyridine rings is 1. The van der Waals surface area contributed by atoms with Crippen molar-refractivity contribution in [3.8, 4) is 5.88 Å². The number of aromatic nitrogens is 3. The molecule has 0 bridgehead atoms. The van der Waals surface area contributed by atoms with Gasteiger partial charge in [0.15, 0.2) is 0 Å². The van der Waals surface area contributed by atoms with E-state index < -0.39 is 0 Å². The summed E-state index contributed by atoms with van der Waals surface area (Å²) in [6, 6.07) is 7.66. The molecule has 2 aliphatic rings. The van der Waals surface area contributed by atoms with Gasteiger partial charge in [-0.05, 0) is 43.7 Å². The van der Waals surface area contributed by atoms with Crippen LogP contribution in [0.4, 0.5) is 0 Å². The van der Waals surface area contributed by atoms with E-state index in [1.807, 2.05) is 36.2 Å². The van der Waals surface area contributed by atoms with Crippen LogP contribution in [0.1, 0.15) is 47.8 Å². The van der Waals surface area contributed by atoms with Crippen molar-refractivity contribution in [3.63, 3.8) is 0 Å². The van der Waals surface area contributed by atoms with Crippen LogP contribution in [-0.4, -0.2) is 45.3 Å². The van der Waals surface area contributed by atoms with Crippen molar-refractivity contribution >= 4 is 5.91 Å². The molecular formula is C19H24N4O2. The molecule has 0 aromatic carbocycles. The third-order valence-electron chi connectivity index (χ3n) is 5.12. The first-order valence-electron chi connectivity index (χ1n) is 9.08. The van der Waals surface area contributed by atoms with Gasteiger partial charge in [0.1, 0.15) is 5.69 Å². The molecule has 0 N–H and O–H groups in total. The minimum absolute atomic E-state index is 0.103. The molecule has 2 fully saturated rings. The Morgan fingerprint density at radius 2 is 2.04 bits per heavy atom. The number of carbonyl (C=O) groups excluding carboxylic acids is 1. The molecule has 25 heavy (non-hydrogen) atoms. The number of piperidine rings is 1. The maximum absolute atomic E-state index is 12.8. The number of hydrogen-bond donors (Lipinski definition) is 0. The Hall–Kier alpha value is -2.37. The highest BCUT2D eigenvalue weighted by Crippen LogP contribution is 2.39. The Morgan fingerprint density at radius 1 is 1.24 bits per heavy atom. The first kappa shape index (κ1) is 16.1. The minimum atomic E-state index is 0.103. The minimum Gasteiger partial charge on any atom is -0.477 e. The molecule has 1 amide bonds. The van der Waals surface area contributed by atoms with Gasteiger partial charge in [0.05, 0.1) is 12.3 Å². The molecule has 0 radical (unpaired) electrons. The number of aryl methyl sites for hydroxylation is 1. The molecule has 2 aromatic heterocycles. The average molecular weight is 340 g/mol. The molecule has 0 spiro atoms. The zero-order valence-corrected chi connectivity index (χ0v) is 14.6. The summed E-state index contributed by atoms with van der Waals surface area (Å²) in [7, 11) is 1.87. The van der Waals surface area contributed by atoms with E-state index in [0.717, 1.165) is 31.6 Å². The molecule has 3 heterocycles. The third-order valence-corrected chi connectivity index (χ3v) is 5.12. The second kappa shape index (κ2) is 6.86. The van der Waals surface area contributed by atoms with Crippen molar-refractivity contribution < 1.29 is 9.53 Å². The van der Waals surface area contributed by atoms with Gasteiger partial charge in [-0.1, -0.05) is 6.07 Å². The van der Waals surface area contributed by atoms with Crippen LogP contribution in [-0.2, 0) is 7.05 Å². The molecule has 4 rings (SSSR count). The highest BCUT2D eigenvalue weighted by atomic mass is 16.5. The van der Waals surface area contributed by atoms with Gasteiger partial charge >= 0.3 is 0 Å². The average Bonchev–Trinajstić information content (AvgIpc) is 3.43. The Bertz CT molecular complexity index is 731. The topological polar surface area (TPSA) is 60.2 Å². The summed E-state index contributed by atoms with van der Waals surface area (Å²) in [4.78, 5) is 18.9. The molecule has 0 unspecified atom stereocenters. The van der Waals surface area contributed by atoms with Crippen LogP contribution in [0.2, 0.25) is 0 Å². The van der Waals surface area contributed by atoms with Crippen molar-refractivity contribution in [3.05, 3.63) is 41.9 Å². The highest BCUT2D eigenvalue weighted by molar-refractivity contribution is 5.92. The third kappa shape index (κ3) is 3.67. The number of likely N-dealkylation sites (tertiary alicyclic amines) is 1. The van der Waals surface area contributed by atoms with Gasteiger partial charge in [-0.2, -0.15) is 5.10 Å². The lowest BCUT2D eigenvalue weighted by atomic mass is 9.97. The Labute approximate surface area is 147 Å². The Kier molecular flexibility index (Phi) is 4.42. The molecule has 2 aromatic rings. The van der Waals surface area contributed by atoms with Crippen LogP contribution < -0.4 is 4.74 Å². The number of hydrogen-bond acceptors (Lipinski definition) is 4. The smallest absolute Gasteiger partial charge is 0.272 e. The van der Waals surface area contributed by atoms with Crippen LogP contribution in [0.5, 0.6) is 5.88 Å². The van der Waals surface area contributed by atoms with Crippen LogP contribution in [0.3, 0.4) is 0 Å². The predicted octanol–water partition coefficient (Wildman–Crippen LogP) is 2.62. The Balaban J connectivity index is 1.30. The van der Waals surface area contributed by atoms with E-state index in [0.29, 0.717) is 30.0 Å². The number of ether oxygens (including phenoxy) is 1. The first-order chi connectivity index (χ1) is 12.2. The SMILES string of the molecule is Cn1nc(C2CC2)cc1C(=O)N1CCC(COc2ccccn2)CC1. The Morgan fingerprint density at radius 3 is 2.72 bits per heavy atom. The monoisotopic (exact) mass is 340 g/mol. The lowest BCUT2D eigenvalue weighted by Gasteiger charge is -2.31. The van der Waals surface area contributed by atoms with E-state index in [-0.39, 0.29) is 5.91 Å². The second-order valence-electron chi connectivity index (χ2n) is 7.07. The standard InChI is InChI=1S/C19H24N4O2/c1-22-17(12-16(21-22)15-5-6-15)19(24)23-10-7-14(8-11-23)13-25-18-4-2-3-9-20-18/h2-4,9,12,14-15H,5-8,10-11,13H2,1H3. The second-order valence-corrected chi connectivity index (χ2v) is 7.07. The maximum atomic E-state index is 12.8. The van der Waals surface area contributed by atoms with E-state index in [9.17, 15) is 4.79 Å². The number of nitrogens with zero attached hydrogens (tertiary/aromatic N) is 4. The maximum Gasteiger partial charge on any atom is 0.272 e. The summed E-state index contributed by atoms with van der Waals surface area (Å²) >= 11 is 0. The predicted molar refractivity (Wildman–Crippen MR) is 93.5 cm³/mol. The van der Waals surface area contributed by atoms with Crippen molar-refractivity contribution in [1.82, 2.24) is 19.7 Å². The molecule has 1 aliphatic carbocycles. The molecule has 6 nitrogen and oxygen atoms in total. The molecule has 1 saturated carbocycles. The van der Waals surface area contributed by atoms with E-state index in [4.69, 9.17) is 4.74 Å². The summed E-state index contributed by atoms with van der Waals surface area (Å²) in [5.41, 5.74) is 1.79. The summed E-state index contributed by atoms with van der Waals surface area (Å²) in [6.07, 6.45) is 6.07. The van der Waals surface area contributed by atoms with Crippen LogP contribution in [0, 0.1) is 5.92 Å². The molecule has 6 heteroatoms. The van der Waals surface area contributed by atoms with E-state index in [1.165, 1.54) is 12.8 Å². The van der Waals surface area contributed by atoms with E-state index >= 15 is 0 Å². The molecule has 1 saturated heterocycles. The zero-order chi connectivity index (χ0) is 17.2. The van der Waals surface area contributed by atoms with Gasteiger partial charge < -0.3 is 9.64 Å². The summed E-state index contributed by atoms with van der Waals surface area (Å²) < 4.78 is 7.50. The van der Waals surface area contributed by atoms with Crippen LogP contribution >= 0.6 is 0 Å². The lowest BCUT2D eigenvalue weighted by Crippen LogP contribution is -2.40. The van der Waals surface area contributed by atoms with Crippen molar-refractivity contribution in [1.29, 1.82) is 0 Å². The van der Waals surface area contributed by atoms with Gasteiger partial charge in [-0.3, -0.25) is 9.48 Å². The molecule has 1 aliphatic heterocycles. The normalized spacial score (nSPS) is 18.4. The highest BCUT2D eigenvalue weighted by Gasteiger charge is 2.30. The number of amides is 1. The number of carbonyl (C=O) groups is 1.